The van der Waals surface area contributed by atoms with Crippen LogP contribution < -0.4 is 9.80 Å². The summed E-state index contributed by atoms with van der Waals surface area (Å²) in [6.45, 7) is 0. The molecule has 2 heterocycles. The lowest BCUT2D eigenvalue weighted by molar-refractivity contribution is 0.112. The molecule has 0 bridgehead atoms. The number of carbonyl (C=O) groups is 1. The summed E-state index contributed by atoms with van der Waals surface area (Å²) in [5, 5.41) is 13.9. The lowest BCUT2D eigenvalue weighted by Crippen LogP contribution is -2.10. The van der Waals surface area contributed by atoms with Crippen molar-refractivity contribution in [2.24, 2.45) is 0 Å². The number of hydrogen-bond donors (Lipinski definition) is 1. The van der Waals surface area contributed by atoms with Crippen LogP contribution >= 0.6 is 22.7 Å². The molecule has 0 aliphatic heterocycles. The van der Waals surface area contributed by atoms with Crippen molar-refractivity contribution in [3.8, 4) is 16.2 Å². The normalized spacial score (nSPS) is 11.3. The number of anilines is 6. The van der Waals surface area contributed by atoms with E-state index in [1.807, 2.05) is 47.7 Å². The molecule has 0 radical (unpaired) electrons. The smallest absolute Gasteiger partial charge is 0.183 e. The molecule has 0 saturated heterocycles. The molecule has 0 aliphatic carbocycles. The van der Waals surface area contributed by atoms with Crippen molar-refractivity contribution in [1.82, 2.24) is 0 Å². The average Bonchev–Trinajstić information content (AvgIpc) is 3.74. The molecule has 0 fully saturated rings. The number of rotatable bonds is 8. The molecule has 0 spiro atoms. The highest BCUT2D eigenvalue weighted by Gasteiger charge is 2.21. The fourth-order valence-corrected chi connectivity index (χ4v) is 9.14. The highest BCUT2D eigenvalue weighted by atomic mass is 32.1. The number of aromatic hydroxyl groups is 1. The molecule has 0 atom stereocenters. The van der Waals surface area contributed by atoms with Gasteiger partial charge in [0.05, 0.1) is 26.3 Å². The molecular weight excluding hydrogens is 665 g/mol. The van der Waals surface area contributed by atoms with Gasteiger partial charge in [-0.1, -0.05) is 114 Å². The van der Waals surface area contributed by atoms with Gasteiger partial charge in [-0.15, -0.1) is 11.3 Å². The van der Waals surface area contributed by atoms with Crippen LogP contribution in [0, 0.1) is 0 Å². The Kier molecular flexibility index (Phi) is 7.81. The minimum atomic E-state index is 0.0329. The summed E-state index contributed by atoms with van der Waals surface area (Å²) in [4.78, 5) is 16.3. The first kappa shape index (κ1) is 30.8. The Bertz CT molecular complexity index is 2670. The standard InChI is InChI=1S/C45H30N2O2S2/c48-29-39-38-17-10-19-41(44(38)51-45(39)49)47(33-13-5-2-6-14-33)35-27-23-31(24-28-35)30-21-25-34(26-22-30)46(32-11-3-1-4-12-32)40-18-9-16-37-36-15-7-8-20-42(36)50-43(37)40/h1-29,49H. The van der Waals surface area contributed by atoms with Gasteiger partial charge in [0.1, 0.15) is 0 Å². The van der Waals surface area contributed by atoms with Crippen LogP contribution in [0.4, 0.5) is 34.1 Å². The van der Waals surface area contributed by atoms with Crippen LogP contribution in [0.15, 0.2) is 170 Å². The van der Waals surface area contributed by atoms with E-state index < -0.39 is 0 Å². The lowest BCUT2D eigenvalue weighted by Gasteiger charge is -2.26. The number of fused-ring (bicyclic) bond motifs is 4. The minimum Gasteiger partial charge on any atom is -0.499 e. The van der Waals surface area contributed by atoms with Gasteiger partial charge in [-0.3, -0.25) is 4.79 Å². The maximum Gasteiger partial charge on any atom is 0.183 e. The average molecular weight is 695 g/mol. The zero-order valence-corrected chi connectivity index (χ0v) is 28.9. The summed E-state index contributed by atoms with van der Waals surface area (Å²) >= 11 is 3.07. The predicted octanol–water partition coefficient (Wildman–Crippen LogP) is 13.4. The van der Waals surface area contributed by atoms with E-state index in [1.54, 1.807) is 0 Å². The Morgan fingerprint density at radius 1 is 0.431 bits per heavy atom. The Morgan fingerprint density at radius 2 is 0.882 bits per heavy atom. The number of carbonyl (C=O) groups excluding carboxylic acids is 1. The zero-order chi connectivity index (χ0) is 34.3. The van der Waals surface area contributed by atoms with Gasteiger partial charge in [0.2, 0.25) is 0 Å². The Morgan fingerprint density at radius 3 is 1.43 bits per heavy atom. The SMILES string of the molecule is O=Cc1c(O)sc2c(N(c3ccccc3)c3ccc(-c4ccc(N(c5ccccc5)c5cccc6c5sc5ccccc56)cc4)cc3)cccc12. The second-order valence-corrected chi connectivity index (χ2v) is 14.3. The summed E-state index contributed by atoms with van der Waals surface area (Å²) in [5.74, 6) is 0. The number of nitrogens with zero attached hydrogens (tertiary/aromatic N) is 2. The quantitative estimate of drug-likeness (QED) is 0.161. The van der Waals surface area contributed by atoms with Gasteiger partial charge in [-0.2, -0.15) is 0 Å². The van der Waals surface area contributed by atoms with E-state index in [9.17, 15) is 9.90 Å². The molecule has 9 rings (SSSR count). The van der Waals surface area contributed by atoms with Crippen LogP contribution in [-0.4, -0.2) is 11.4 Å². The van der Waals surface area contributed by atoms with Gasteiger partial charge >= 0.3 is 0 Å². The molecule has 0 aliphatic rings. The third kappa shape index (κ3) is 5.42. The van der Waals surface area contributed by atoms with Crippen LogP contribution in [0.25, 0.3) is 41.4 Å². The Hall–Kier alpha value is -6.21. The van der Waals surface area contributed by atoms with Crippen LogP contribution in [-0.2, 0) is 0 Å². The summed E-state index contributed by atoms with van der Waals surface area (Å²) < 4.78 is 3.41. The molecule has 2 aromatic heterocycles. The first-order valence-electron chi connectivity index (χ1n) is 16.7. The van der Waals surface area contributed by atoms with Gasteiger partial charge < -0.3 is 14.9 Å². The molecule has 1 N–H and O–H groups in total. The number of thiophene rings is 2. The van der Waals surface area contributed by atoms with E-state index in [-0.39, 0.29) is 5.06 Å². The highest BCUT2D eigenvalue weighted by Crippen LogP contribution is 2.47. The first-order valence-corrected chi connectivity index (χ1v) is 18.3. The fraction of sp³-hybridized carbons (Fsp3) is 0. The number of para-hydroxylation sites is 2. The molecule has 7 aromatic carbocycles. The van der Waals surface area contributed by atoms with E-state index in [2.05, 4.69) is 143 Å². The van der Waals surface area contributed by atoms with Gasteiger partial charge in [-0.25, -0.2) is 0 Å². The summed E-state index contributed by atoms with van der Waals surface area (Å²) in [6, 6.07) is 59.1. The molecule has 0 unspecified atom stereocenters. The maximum atomic E-state index is 11.8. The molecule has 244 valence electrons. The fourth-order valence-electron chi connectivity index (χ4n) is 6.92. The van der Waals surface area contributed by atoms with Crippen molar-refractivity contribution in [2.45, 2.75) is 0 Å². The molecule has 0 saturated carbocycles. The summed E-state index contributed by atoms with van der Waals surface area (Å²) in [6.07, 6.45) is 0.731. The van der Waals surface area contributed by atoms with Crippen molar-refractivity contribution in [3.05, 3.63) is 175 Å². The van der Waals surface area contributed by atoms with E-state index >= 15 is 0 Å². The second kappa shape index (κ2) is 12.9. The second-order valence-electron chi connectivity index (χ2n) is 12.3. The monoisotopic (exact) mass is 694 g/mol. The molecule has 6 heteroatoms. The van der Waals surface area contributed by atoms with Gasteiger partial charge in [0.15, 0.2) is 11.3 Å². The van der Waals surface area contributed by atoms with Crippen LogP contribution in [0.2, 0.25) is 0 Å². The van der Waals surface area contributed by atoms with Crippen LogP contribution in [0.3, 0.4) is 0 Å². The maximum absolute atomic E-state index is 11.8. The van der Waals surface area contributed by atoms with E-state index in [0.29, 0.717) is 5.56 Å². The number of aldehydes is 1. The van der Waals surface area contributed by atoms with Crippen molar-refractivity contribution < 1.29 is 9.90 Å². The zero-order valence-electron chi connectivity index (χ0n) is 27.3. The van der Waals surface area contributed by atoms with E-state index in [1.165, 1.54) is 31.5 Å². The van der Waals surface area contributed by atoms with E-state index in [4.69, 9.17) is 0 Å². The number of benzene rings is 7. The Labute approximate surface area is 303 Å². The molecule has 0 amide bonds. The third-order valence-corrected chi connectivity index (χ3v) is 11.6. The van der Waals surface area contributed by atoms with Gasteiger partial charge in [0, 0.05) is 43.6 Å². The first-order chi connectivity index (χ1) is 25.2. The third-order valence-electron chi connectivity index (χ3n) is 9.31. The topological polar surface area (TPSA) is 43.8 Å². The highest BCUT2D eigenvalue weighted by molar-refractivity contribution is 7.26. The van der Waals surface area contributed by atoms with Gasteiger partial charge in [-0.05, 0) is 77.9 Å². The largest absolute Gasteiger partial charge is 0.499 e. The van der Waals surface area contributed by atoms with Crippen LogP contribution in [0.1, 0.15) is 10.4 Å². The van der Waals surface area contributed by atoms with Crippen molar-refractivity contribution >= 4 is 93.3 Å². The van der Waals surface area contributed by atoms with Crippen molar-refractivity contribution in [2.75, 3.05) is 9.80 Å². The Balaban J connectivity index is 1.09. The van der Waals surface area contributed by atoms with E-state index in [0.717, 1.165) is 61.6 Å². The van der Waals surface area contributed by atoms with Gasteiger partial charge in [0.25, 0.3) is 0 Å². The van der Waals surface area contributed by atoms with Crippen molar-refractivity contribution in [3.63, 3.8) is 0 Å². The molecular formula is C45H30N2O2S2. The van der Waals surface area contributed by atoms with Crippen LogP contribution in [0.5, 0.6) is 5.06 Å². The minimum absolute atomic E-state index is 0.0329. The summed E-state index contributed by atoms with van der Waals surface area (Å²) in [5.41, 5.74) is 8.76. The number of hydrogen-bond acceptors (Lipinski definition) is 6. The summed E-state index contributed by atoms with van der Waals surface area (Å²) in [7, 11) is 0. The molecule has 9 aromatic rings. The molecule has 51 heavy (non-hydrogen) atoms. The lowest BCUT2D eigenvalue weighted by atomic mass is 10.0. The predicted molar refractivity (Wildman–Crippen MR) is 217 cm³/mol. The van der Waals surface area contributed by atoms with Crippen molar-refractivity contribution in [1.29, 1.82) is 0 Å². The molecule has 4 nitrogen and oxygen atoms in total.